The van der Waals surface area contributed by atoms with E-state index in [2.05, 4.69) is 25.6 Å². The Kier molecular flexibility index (Phi) is 6.46. The van der Waals surface area contributed by atoms with Gasteiger partial charge < -0.3 is 20.3 Å². The van der Waals surface area contributed by atoms with E-state index in [1.807, 2.05) is 4.90 Å². The third kappa shape index (κ3) is 5.26. The van der Waals surface area contributed by atoms with Gasteiger partial charge >= 0.3 is 6.03 Å². The summed E-state index contributed by atoms with van der Waals surface area (Å²) in [6, 6.07) is 9.55. The number of fused-ring (bicyclic) bond motifs is 1. The lowest BCUT2D eigenvalue weighted by molar-refractivity contribution is 0.103. The van der Waals surface area contributed by atoms with Crippen molar-refractivity contribution in [3.05, 3.63) is 83.8 Å². The lowest BCUT2D eigenvalue weighted by Crippen LogP contribution is -2.36. The number of ether oxygens (including phenoxy) is 1. The summed E-state index contributed by atoms with van der Waals surface area (Å²) < 4.78 is 33.0. The number of benzene rings is 2. The highest BCUT2D eigenvalue weighted by Gasteiger charge is 2.17. The third-order valence-corrected chi connectivity index (χ3v) is 5.48. The van der Waals surface area contributed by atoms with E-state index in [4.69, 9.17) is 4.74 Å². The molecule has 182 valence electrons. The Hall–Kier alpha value is -4.51. The van der Waals surface area contributed by atoms with Gasteiger partial charge in [0.15, 0.2) is 0 Å². The number of morpholine rings is 1. The first kappa shape index (κ1) is 23.2. The Morgan fingerprint density at radius 1 is 0.861 bits per heavy atom. The van der Waals surface area contributed by atoms with E-state index in [0.29, 0.717) is 43.2 Å². The van der Waals surface area contributed by atoms with Crippen LogP contribution in [0.3, 0.4) is 0 Å². The van der Waals surface area contributed by atoms with Crippen LogP contribution in [-0.2, 0) is 4.74 Å². The third-order valence-electron chi connectivity index (χ3n) is 5.48. The maximum atomic E-state index is 14.3. The SMILES string of the molecule is O=C(Nc1cccc(F)c1)Nc1cc(F)cc(C(=O)c2cc3nc(N4CCOCC4)cnc3cn2)c1. The zero-order chi connectivity index (χ0) is 25.1. The maximum absolute atomic E-state index is 14.3. The predicted octanol–water partition coefficient (Wildman–Crippen LogP) is 4.01. The minimum absolute atomic E-state index is 0.0137. The highest BCUT2D eigenvalue weighted by Crippen LogP contribution is 2.21. The Morgan fingerprint density at radius 2 is 1.64 bits per heavy atom. The van der Waals surface area contributed by atoms with Crippen molar-refractivity contribution in [1.82, 2.24) is 15.0 Å². The molecule has 1 saturated heterocycles. The number of carbonyl (C=O) groups is 2. The summed E-state index contributed by atoms with van der Waals surface area (Å²) >= 11 is 0. The molecule has 0 atom stereocenters. The summed E-state index contributed by atoms with van der Waals surface area (Å²) in [7, 11) is 0. The summed E-state index contributed by atoms with van der Waals surface area (Å²) in [5.41, 5.74) is 1.29. The van der Waals surface area contributed by atoms with E-state index in [-0.39, 0.29) is 22.6 Å². The van der Waals surface area contributed by atoms with Gasteiger partial charge in [0, 0.05) is 30.0 Å². The number of ketones is 1. The van der Waals surface area contributed by atoms with Crippen molar-refractivity contribution in [2.75, 3.05) is 41.8 Å². The van der Waals surface area contributed by atoms with Crippen LogP contribution in [0.2, 0.25) is 0 Å². The lowest BCUT2D eigenvalue weighted by atomic mass is 10.1. The molecule has 1 fully saturated rings. The molecule has 1 aliphatic rings. The normalized spacial score (nSPS) is 13.4. The number of rotatable bonds is 5. The maximum Gasteiger partial charge on any atom is 0.323 e. The Morgan fingerprint density at radius 3 is 2.44 bits per heavy atom. The molecular weight excluding hydrogens is 470 g/mol. The molecule has 0 radical (unpaired) electrons. The molecule has 0 unspecified atom stereocenters. The fraction of sp³-hybridized carbons (Fsp3) is 0.160. The van der Waals surface area contributed by atoms with Crippen LogP contribution in [0, 0.1) is 11.6 Å². The zero-order valence-corrected chi connectivity index (χ0v) is 18.9. The topological polar surface area (TPSA) is 109 Å². The minimum atomic E-state index is -0.725. The Labute approximate surface area is 204 Å². The van der Waals surface area contributed by atoms with Crippen molar-refractivity contribution < 1.29 is 23.1 Å². The van der Waals surface area contributed by atoms with E-state index in [1.165, 1.54) is 36.5 Å². The summed E-state index contributed by atoms with van der Waals surface area (Å²) in [5.74, 6) is -1.13. The molecule has 1 aliphatic heterocycles. The molecule has 2 aromatic carbocycles. The summed E-state index contributed by atoms with van der Waals surface area (Å²) in [5, 5.41) is 4.89. The van der Waals surface area contributed by atoms with Crippen molar-refractivity contribution >= 4 is 40.0 Å². The van der Waals surface area contributed by atoms with Crippen LogP contribution in [0.5, 0.6) is 0 Å². The number of pyridine rings is 1. The first-order valence-electron chi connectivity index (χ1n) is 11.1. The second kappa shape index (κ2) is 10.0. The molecule has 2 N–H and O–H groups in total. The predicted molar refractivity (Wildman–Crippen MR) is 129 cm³/mol. The molecule has 3 heterocycles. The van der Waals surface area contributed by atoms with Crippen LogP contribution in [-0.4, -0.2) is 53.1 Å². The smallest absolute Gasteiger partial charge is 0.323 e. The van der Waals surface area contributed by atoms with Gasteiger partial charge in [-0.3, -0.25) is 9.78 Å². The van der Waals surface area contributed by atoms with Gasteiger partial charge in [-0.2, -0.15) is 0 Å². The molecule has 9 nitrogen and oxygen atoms in total. The Balaban J connectivity index is 1.36. The van der Waals surface area contributed by atoms with Gasteiger partial charge in [0.05, 0.1) is 31.1 Å². The average Bonchev–Trinajstić information content (AvgIpc) is 2.87. The van der Waals surface area contributed by atoms with Crippen LogP contribution in [0.1, 0.15) is 16.1 Å². The number of urea groups is 1. The molecule has 2 amide bonds. The van der Waals surface area contributed by atoms with Crippen LogP contribution in [0.25, 0.3) is 11.0 Å². The van der Waals surface area contributed by atoms with E-state index < -0.39 is 23.4 Å². The quantitative estimate of drug-likeness (QED) is 0.407. The van der Waals surface area contributed by atoms with Crippen molar-refractivity contribution in [1.29, 1.82) is 0 Å². The number of nitrogens with one attached hydrogen (secondary N) is 2. The number of halogens is 2. The molecule has 36 heavy (non-hydrogen) atoms. The zero-order valence-electron chi connectivity index (χ0n) is 18.9. The van der Waals surface area contributed by atoms with Gasteiger partial charge in [-0.1, -0.05) is 6.07 Å². The number of hydrogen-bond acceptors (Lipinski definition) is 7. The fourth-order valence-corrected chi connectivity index (χ4v) is 3.78. The molecule has 0 spiro atoms. The fourth-order valence-electron chi connectivity index (χ4n) is 3.78. The van der Waals surface area contributed by atoms with Crippen LogP contribution in [0.15, 0.2) is 60.9 Å². The van der Waals surface area contributed by atoms with Crippen LogP contribution in [0.4, 0.5) is 30.8 Å². The number of amides is 2. The van der Waals surface area contributed by atoms with Gasteiger partial charge in [-0.05, 0) is 42.5 Å². The van der Waals surface area contributed by atoms with E-state index in [0.717, 1.165) is 18.2 Å². The number of hydrogen-bond donors (Lipinski definition) is 2. The first-order chi connectivity index (χ1) is 17.4. The number of nitrogens with zero attached hydrogens (tertiary/aromatic N) is 4. The van der Waals surface area contributed by atoms with E-state index in [9.17, 15) is 18.4 Å². The molecular formula is C25H20F2N6O3. The van der Waals surface area contributed by atoms with Crippen molar-refractivity contribution in [3.63, 3.8) is 0 Å². The molecule has 2 aromatic heterocycles. The average molecular weight is 490 g/mol. The van der Waals surface area contributed by atoms with Crippen molar-refractivity contribution in [2.45, 2.75) is 0 Å². The monoisotopic (exact) mass is 490 g/mol. The Bertz CT molecular complexity index is 1460. The molecule has 0 aliphatic carbocycles. The van der Waals surface area contributed by atoms with Crippen LogP contribution >= 0.6 is 0 Å². The van der Waals surface area contributed by atoms with Gasteiger partial charge in [0.25, 0.3) is 0 Å². The van der Waals surface area contributed by atoms with Gasteiger partial charge in [-0.15, -0.1) is 0 Å². The van der Waals surface area contributed by atoms with Gasteiger partial charge in [-0.25, -0.2) is 23.5 Å². The number of aromatic nitrogens is 3. The molecule has 11 heteroatoms. The molecule has 4 aromatic rings. The second-order valence-electron chi connectivity index (χ2n) is 8.03. The second-order valence-corrected chi connectivity index (χ2v) is 8.03. The van der Waals surface area contributed by atoms with Crippen LogP contribution < -0.4 is 15.5 Å². The van der Waals surface area contributed by atoms with Crippen molar-refractivity contribution in [3.8, 4) is 0 Å². The number of carbonyl (C=O) groups excluding carboxylic acids is 2. The van der Waals surface area contributed by atoms with E-state index in [1.54, 1.807) is 6.20 Å². The first-order valence-corrected chi connectivity index (χ1v) is 11.1. The molecule has 0 saturated carbocycles. The number of anilines is 3. The minimum Gasteiger partial charge on any atom is -0.378 e. The summed E-state index contributed by atoms with van der Waals surface area (Å²) in [6.45, 7) is 2.55. The van der Waals surface area contributed by atoms with Gasteiger partial charge in [0.2, 0.25) is 5.78 Å². The van der Waals surface area contributed by atoms with Crippen molar-refractivity contribution in [2.24, 2.45) is 0 Å². The van der Waals surface area contributed by atoms with E-state index >= 15 is 0 Å². The van der Waals surface area contributed by atoms with Gasteiger partial charge in [0.1, 0.15) is 28.7 Å². The highest BCUT2D eigenvalue weighted by atomic mass is 19.1. The summed E-state index contributed by atoms with van der Waals surface area (Å²) in [6.07, 6.45) is 3.08. The standard InChI is InChI=1S/C25H20F2N6O3/c26-16-2-1-3-18(10-16)30-25(35)31-19-9-15(8-17(27)11-19)24(34)21-12-20-22(13-28-21)29-14-23(32-20)33-4-6-36-7-5-33/h1-3,8-14H,4-7H2,(H2,30,31,35). The molecule has 0 bridgehead atoms. The highest BCUT2D eigenvalue weighted by molar-refractivity contribution is 6.10. The molecule has 5 rings (SSSR count). The lowest BCUT2D eigenvalue weighted by Gasteiger charge is -2.27. The largest absolute Gasteiger partial charge is 0.378 e. The summed E-state index contributed by atoms with van der Waals surface area (Å²) in [4.78, 5) is 40.6.